The van der Waals surface area contributed by atoms with Crippen LogP contribution in [-0.4, -0.2) is 34.6 Å². The highest BCUT2D eigenvalue weighted by molar-refractivity contribution is 7.18. The van der Waals surface area contributed by atoms with E-state index in [1.54, 1.807) is 6.92 Å². The summed E-state index contributed by atoms with van der Waals surface area (Å²) < 4.78 is 6.29. The van der Waals surface area contributed by atoms with Crippen molar-refractivity contribution in [1.29, 1.82) is 0 Å². The zero-order valence-electron chi connectivity index (χ0n) is 14.8. The van der Waals surface area contributed by atoms with E-state index in [4.69, 9.17) is 4.74 Å². The van der Waals surface area contributed by atoms with Gasteiger partial charge in [-0.25, -0.2) is 4.98 Å². The van der Waals surface area contributed by atoms with Gasteiger partial charge in [0.1, 0.15) is 4.83 Å². The maximum Gasteiger partial charge on any atom is 0.305 e. The van der Waals surface area contributed by atoms with Gasteiger partial charge in [0.2, 0.25) is 5.91 Å². The molecule has 2 aromatic heterocycles. The van der Waals surface area contributed by atoms with Crippen molar-refractivity contribution in [3.05, 3.63) is 27.1 Å². The lowest BCUT2D eigenvalue weighted by Crippen LogP contribution is -2.28. The molecule has 0 saturated carbocycles. The Labute approximate surface area is 150 Å². The molecule has 136 valence electrons. The molecule has 2 heterocycles. The van der Waals surface area contributed by atoms with Gasteiger partial charge in [0.25, 0.3) is 5.56 Å². The van der Waals surface area contributed by atoms with Crippen LogP contribution in [0.3, 0.4) is 0 Å². The second-order valence-electron chi connectivity index (χ2n) is 5.72. The SMILES string of the molecule is CCOC(=O)CCCNC(=O)CCn1cnc2sc(C)c(C)c2c1=O. The van der Waals surface area contributed by atoms with Crippen molar-refractivity contribution in [3.8, 4) is 0 Å². The van der Waals surface area contributed by atoms with Gasteiger partial charge in [-0.3, -0.25) is 19.0 Å². The van der Waals surface area contributed by atoms with Crippen LogP contribution in [0.25, 0.3) is 10.2 Å². The van der Waals surface area contributed by atoms with Gasteiger partial charge in [0, 0.05) is 30.8 Å². The number of thiophene rings is 1. The van der Waals surface area contributed by atoms with Gasteiger partial charge >= 0.3 is 5.97 Å². The largest absolute Gasteiger partial charge is 0.466 e. The van der Waals surface area contributed by atoms with Gasteiger partial charge in [0.05, 0.1) is 18.3 Å². The summed E-state index contributed by atoms with van der Waals surface area (Å²) in [6, 6.07) is 0. The zero-order chi connectivity index (χ0) is 18.4. The molecule has 0 spiro atoms. The van der Waals surface area contributed by atoms with Crippen molar-refractivity contribution in [2.75, 3.05) is 13.2 Å². The number of aryl methyl sites for hydroxylation is 3. The Hall–Kier alpha value is -2.22. The number of nitrogens with zero attached hydrogens (tertiary/aromatic N) is 2. The molecular weight excluding hydrogens is 342 g/mol. The fourth-order valence-electron chi connectivity index (χ4n) is 2.43. The summed E-state index contributed by atoms with van der Waals surface area (Å²) in [4.78, 5) is 41.7. The molecule has 8 heteroatoms. The van der Waals surface area contributed by atoms with E-state index in [-0.39, 0.29) is 36.8 Å². The number of hydrogen-bond donors (Lipinski definition) is 1. The summed E-state index contributed by atoms with van der Waals surface area (Å²) in [5.74, 6) is -0.418. The highest BCUT2D eigenvalue weighted by Gasteiger charge is 2.12. The fraction of sp³-hybridized carbons (Fsp3) is 0.529. The Bertz CT molecular complexity index is 825. The Morgan fingerprint density at radius 1 is 1.32 bits per heavy atom. The number of fused-ring (bicyclic) bond motifs is 1. The Morgan fingerprint density at radius 3 is 2.80 bits per heavy atom. The molecule has 1 amide bonds. The number of esters is 1. The minimum Gasteiger partial charge on any atom is -0.466 e. The molecule has 0 atom stereocenters. The van der Waals surface area contributed by atoms with Crippen molar-refractivity contribution in [2.45, 2.75) is 46.6 Å². The Kier molecular flexibility index (Phi) is 6.69. The predicted molar refractivity (Wildman–Crippen MR) is 96.8 cm³/mol. The molecule has 0 bridgehead atoms. The smallest absolute Gasteiger partial charge is 0.305 e. The minimum absolute atomic E-state index is 0.109. The van der Waals surface area contributed by atoms with Gasteiger partial charge in [0.15, 0.2) is 0 Å². The van der Waals surface area contributed by atoms with Crippen LogP contribution in [0.5, 0.6) is 0 Å². The van der Waals surface area contributed by atoms with Gasteiger partial charge in [-0.05, 0) is 32.8 Å². The number of nitrogens with one attached hydrogen (secondary N) is 1. The molecule has 2 rings (SSSR count). The standard InChI is InChI=1S/C17H23N3O4S/c1-4-24-14(22)6-5-8-18-13(21)7-9-20-10-19-16-15(17(20)23)11(2)12(3)25-16/h10H,4-9H2,1-3H3,(H,18,21). The van der Waals surface area contributed by atoms with Crippen molar-refractivity contribution >= 4 is 33.4 Å². The molecule has 0 unspecified atom stereocenters. The predicted octanol–water partition coefficient (Wildman–Crippen LogP) is 1.92. The molecule has 0 aliphatic rings. The van der Waals surface area contributed by atoms with Gasteiger partial charge < -0.3 is 10.1 Å². The van der Waals surface area contributed by atoms with Crippen LogP contribution in [0.4, 0.5) is 0 Å². The van der Waals surface area contributed by atoms with E-state index in [1.165, 1.54) is 22.2 Å². The monoisotopic (exact) mass is 365 g/mol. The first-order chi connectivity index (χ1) is 11.9. The number of hydrogen-bond acceptors (Lipinski definition) is 6. The van der Waals surface area contributed by atoms with Crippen LogP contribution in [0.15, 0.2) is 11.1 Å². The normalized spacial score (nSPS) is 10.8. The third-order valence-corrected chi connectivity index (χ3v) is 5.04. The molecular formula is C17H23N3O4S. The van der Waals surface area contributed by atoms with Crippen LogP contribution in [0.2, 0.25) is 0 Å². The van der Waals surface area contributed by atoms with Crippen molar-refractivity contribution in [2.24, 2.45) is 0 Å². The minimum atomic E-state index is -0.260. The molecule has 1 N–H and O–H groups in total. The summed E-state index contributed by atoms with van der Waals surface area (Å²) in [7, 11) is 0. The van der Waals surface area contributed by atoms with Crippen LogP contribution in [-0.2, 0) is 20.9 Å². The highest BCUT2D eigenvalue weighted by atomic mass is 32.1. The average Bonchev–Trinajstić information content (AvgIpc) is 2.86. The molecule has 0 aromatic carbocycles. The van der Waals surface area contributed by atoms with E-state index in [9.17, 15) is 14.4 Å². The van der Waals surface area contributed by atoms with E-state index in [0.29, 0.717) is 25.0 Å². The lowest BCUT2D eigenvalue weighted by Gasteiger charge is -2.07. The number of aromatic nitrogens is 2. The fourth-order valence-corrected chi connectivity index (χ4v) is 3.42. The lowest BCUT2D eigenvalue weighted by atomic mass is 10.2. The topological polar surface area (TPSA) is 90.3 Å². The third kappa shape index (κ3) is 4.88. The third-order valence-electron chi connectivity index (χ3n) is 3.92. The first kappa shape index (κ1) is 19.1. The van der Waals surface area contributed by atoms with Crippen LogP contribution in [0.1, 0.15) is 36.6 Å². The first-order valence-electron chi connectivity index (χ1n) is 8.31. The zero-order valence-corrected chi connectivity index (χ0v) is 15.6. The van der Waals surface area contributed by atoms with Crippen LogP contribution >= 0.6 is 11.3 Å². The molecule has 0 aliphatic heterocycles. The van der Waals surface area contributed by atoms with Crippen molar-refractivity contribution in [3.63, 3.8) is 0 Å². The summed E-state index contributed by atoms with van der Waals surface area (Å²) in [5, 5.41) is 3.38. The molecule has 7 nitrogen and oxygen atoms in total. The van der Waals surface area contributed by atoms with E-state index in [0.717, 1.165) is 15.3 Å². The number of ether oxygens (including phenoxy) is 1. The maximum absolute atomic E-state index is 12.5. The average molecular weight is 365 g/mol. The van der Waals surface area contributed by atoms with Gasteiger partial charge in [-0.15, -0.1) is 11.3 Å². The van der Waals surface area contributed by atoms with Crippen molar-refractivity contribution < 1.29 is 14.3 Å². The van der Waals surface area contributed by atoms with Crippen molar-refractivity contribution in [1.82, 2.24) is 14.9 Å². The highest BCUT2D eigenvalue weighted by Crippen LogP contribution is 2.25. The number of amides is 1. The van der Waals surface area contributed by atoms with Gasteiger partial charge in [-0.2, -0.15) is 0 Å². The Balaban J connectivity index is 1.85. The quantitative estimate of drug-likeness (QED) is 0.570. The molecule has 25 heavy (non-hydrogen) atoms. The lowest BCUT2D eigenvalue weighted by molar-refractivity contribution is -0.143. The van der Waals surface area contributed by atoms with Gasteiger partial charge in [-0.1, -0.05) is 0 Å². The summed E-state index contributed by atoms with van der Waals surface area (Å²) >= 11 is 1.50. The summed E-state index contributed by atoms with van der Waals surface area (Å²) in [6.07, 6.45) is 2.50. The van der Waals surface area contributed by atoms with E-state index >= 15 is 0 Å². The molecule has 2 aromatic rings. The molecule has 0 radical (unpaired) electrons. The number of carbonyl (C=O) groups is 2. The van der Waals surface area contributed by atoms with Crippen LogP contribution in [0, 0.1) is 13.8 Å². The number of rotatable bonds is 8. The maximum atomic E-state index is 12.5. The van der Waals surface area contributed by atoms with E-state index < -0.39 is 0 Å². The summed E-state index contributed by atoms with van der Waals surface area (Å²) in [6.45, 7) is 6.69. The van der Waals surface area contributed by atoms with E-state index in [1.807, 2.05) is 13.8 Å². The number of carbonyl (C=O) groups excluding carboxylic acids is 2. The summed E-state index contributed by atoms with van der Waals surface area (Å²) in [5.41, 5.74) is 0.845. The molecule has 0 saturated heterocycles. The Morgan fingerprint density at radius 2 is 2.08 bits per heavy atom. The second kappa shape index (κ2) is 8.75. The van der Waals surface area contributed by atoms with Crippen LogP contribution < -0.4 is 10.9 Å². The second-order valence-corrected chi connectivity index (χ2v) is 6.92. The van der Waals surface area contributed by atoms with E-state index in [2.05, 4.69) is 10.3 Å². The molecule has 0 fully saturated rings. The molecule has 0 aliphatic carbocycles. The first-order valence-corrected chi connectivity index (χ1v) is 9.13.